The Labute approximate surface area is 598 Å². The molecule has 0 saturated heterocycles. The minimum Gasteiger partial charge on any atom is -0.366 e. The van der Waals surface area contributed by atoms with Crippen LogP contribution in [-0.4, -0.2) is 72.1 Å². The molecule has 0 radical (unpaired) electrons. The monoisotopic (exact) mass is 1350 g/mol. The van der Waals surface area contributed by atoms with Crippen molar-refractivity contribution in [1.29, 1.82) is 0 Å². The molecule has 0 atom stereocenters. The summed E-state index contributed by atoms with van der Waals surface area (Å²) < 4.78 is 0. The highest BCUT2D eigenvalue weighted by Gasteiger charge is 2.24. The molecule has 514 valence electrons. The molecule has 0 aromatic heterocycles. The lowest BCUT2D eigenvalue weighted by Gasteiger charge is -2.24. The van der Waals surface area contributed by atoms with Crippen molar-refractivity contribution in [2.75, 3.05) is 72.0 Å². The summed E-state index contributed by atoms with van der Waals surface area (Å²) in [7, 11) is 0. The first-order valence-electron chi connectivity index (χ1n) is 35.2. The van der Waals surface area contributed by atoms with E-state index >= 15 is 0 Å². The van der Waals surface area contributed by atoms with Crippen LogP contribution in [0.2, 0.25) is 0 Å². The maximum atomic E-state index is 13.0. The van der Waals surface area contributed by atoms with Gasteiger partial charge in [0.25, 0.3) is 22.7 Å². The van der Waals surface area contributed by atoms with Gasteiger partial charge in [0.05, 0.1) is 19.7 Å². The van der Waals surface area contributed by atoms with E-state index in [2.05, 4.69) is 197 Å². The van der Waals surface area contributed by atoms with Gasteiger partial charge >= 0.3 is 0 Å². The first-order valence-corrected chi connectivity index (χ1v) is 35.2. The number of fused-ring (bicyclic) bond motifs is 6. The van der Waals surface area contributed by atoms with E-state index in [1.807, 2.05) is 19.6 Å². The topological polar surface area (TPSA) is 186 Å². The molecule has 16 nitrogen and oxygen atoms in total. The number of hydrogen-bond donors (Lipinski definition) is 0. The molecule has 0 amide bonds. The van der Waals surface area contributed by atoms with Crippen LogP contribution in [0.1, 0.15) is 158 Å². The SMILES string of the molecule is CCCCN(CCCC)c1cc2c(cc1[N+](=O)[O-])=C=C=C=C=c1cc(N(CCCC)CCCC)c([N+](=O)[O-])cc1=C=C=C=C=c1cc3c#cc#cc4cc([N+](=O)[O-])c(N(CCCC)CCCC)cc4c#cc#cc4cc([N+](=O)[O-])c(N(CCCC)CCCC)cc4c#cc#cc3cc1=C=C=C=C=2. The Hall–Kier alpha value is -12.4. The number of hydrogen-bond acceptors (Lipinski definition) is 12. The van der Waals surface area contributed by atoms with Gasteiger partial charge in [0.2, 0.25) is 0 Å². The number of nitro groups is 4. The lowest BCUT2D eigenvalue weighted by molar-refractivity contribution is -0.384. The summed E-state index contributed by atoms with van der Waals surface area (Å²) in [6, 6.07) is 51.9. The number of anilines is 4. The lowest BCUT2D eigenvalue weighted by Crippen LogP contribution is -2.31. The largest absolute Gasteiger partial charge is 0.366 e. The van der Waals surface area contributed by atoms with Crippen molar-refractivity contribution >= 4 is 112 Å². The fourth-order valence-electron chi connectivity index (χ4n) is 11.1. The Balaban J connectivity index is 1.77. The van der Waals surface area contributed by atoms with E-state index in [1.54, 1.807) is 36.4 Å². The van der Waals surface area contributed by atoms with Crippen molar-refractivity contribution in [2.24, 2.45) is 0 Å². The standard InChI is InChI=1S/C86H82N8O8/c1-9-17-49-87(50-18-10-2)79-59-71-41-29-25-37-67-57-68-38-26-30-42-72-60-80(88(51-19-11-3)52-20-12-4)86(94(101)102)66-78(72)48-36-34-44-74-62-82(90(55-23-15-7)56-24-16-8)84(92(97)98)64-76(74)46-32-28-40-70(68)58-69(67)39-27-31-45-75-63-83(91(95)96)81(89(53-21-13-5)54-22-14-6)61-73(75)43-33-35-47-77(71)65-85(79)93(99)100/h57-66H,9-24,49-56H2,1-8H3. The minimum atomic E-state index is -0.429. The molecule has 1 aliphatic rings. The van der Waals surface area contributed by atoms with Gasteiger partial charge in [-0.1, -0.05) is 178 Å². The maximum absolute atomic E-state index is 13.0. The Kier molecular flexibility index (Phi) is 30.6. The minimum absolute atomic E-state index is 0.146. The molecule has 0 bridgehead atoms. The molecule has 6 aromatic carbocycles. The average molecular weight is 1360 g/mol. The molecule has 16 heteroatoms. The van der Waals surface area contributed by atoms with E-state index in [0.717, 1.165) is 103 Å². The molecule has 0 saturated carbocycles. The zero-order valence-corrected chi connectivity index (χ0v) is 59.6. The molecule has 6 aromatic rings. The Morgan fingerprint density at radius 1 is 0.255 bits per heavy atom. The molecule has 0 unspecified atom stereocenters. The van der Waals surface area contributed by atoms with Crippen LogP contribution in [0.3, 0.4) is 0 Å². The summed E-state index contributed by atoms with van der Waals surface area (Å²) in [5.74, 6) is 0. The van der Waals surface area contributed by atoms with Gasteiger partial charge in [-0.05, 0) is 159 Å². The Morgan fingerprint density at radius 3 is 0.647 bits per heavy atom. The van der Waals surface area contributed by atoms with Gasteiger partial charge in [0.15, 0.2) is 0 Å². The maximum Gasteiger partial charge on any atom is 0.293 e. The Bertz CT molecular complexity index is 5100. The van der Waals surface area contributed by atoms with Gasteiger partial charge < -0.3 is 19.6 Å². The summed E-state index contributed by atoms with van der Waals surface area (Å²) in [5, 5.41) is 55.6. The molecule has 0 heterocycles. The Morgan fingerprint density at radius 2 is 0.431 bits per heavy atom. The first-order chi connectivity index (χ1) is 49.6. The van der Waals surface area contributed by atoms with Gasteiger partial charge in [-0.25, -0.2) is 0 Å². The zero-order chi connectivity index (χ0) is 73.2. The van der Waals surface area contributed by atoms with Crippen LogP contribution in [0.5, 0.6) is 0 Å². The average Bonchev–Trinajstić information content (AvgIpc) is 0.825. The molecule has 0 fully saturated rings. The second-order valence-corrected chi connectivity index (χ2v) is 24.3. The molecule has 102 heavy (non-hydrogen) atoms. The number of rotatable bonds is 32. The third-order valence-electron chi connectivity index (χ3n) is 16.8. The highest BCUT2D eigenvalue weighted by atomic mass is 16.6. The third-order valence-corrected chi connectivity index (χ3v) is 16.8. The molecular formula is C86H82N8O8. The summed E-state index contributed by atoms with van der Waals surface area (Å²) in [4.78, 5) is 58.4. The van der Waals surface area contributed by atoms with Gasteiger partial charge in [0, 0.05) is 140 Å². The summed E-state index contributed by atoms with van der Waals surface area (Å²) >= 11 is 0. The number of nitro benzene ring substituents is 4. The van der Waals surface area contributed by atoms with E-state index in [9.17, 15) is 40.5 Å². The molecule has 0 spiro atoms. The second kappa shape index (κ2) is 40.5. The quantitative estimate of drug-likeness (QED) is 0.0221. The number of nitrogens with zero attached hydrogens (tertiary/aromatic N) is 8. The molecule has 0 aliphatic heterocycles. The summed E-state index contributed by atoms with van der Waals surface area (Å²) in [5.41, 5.74) is 37.2. The van der Waals surface area contributed by atoms with Crippen LogP contribution in [-0.2, 0) is 0 Å². The van der Waals surface area contributed by atoms with Gasteiger partial charge in [0.1, 0.15) is 22.7 Å². The van der Waals surface area contributed by atoms with Crippen LogP contribution in [0.4, 0.5) is 45.5 Å². The molecular weight excluding hydrogens is 1270 g/mol. The molecule has 0 N–H and O–H groups in total. The van der Waals surface area contributed by atoms with E-state index < -0.39 is 19.7 Å². The van der Waals surface area contributed by atoms with Gasteiger partial charge in [-0.15, -0.1) is 0 Å². The predicted octanol–water partition coefficient (Wildman–Crippen LogP) is 14.7. The van der Waals surface area contributed by atoms with Crippen LogP contribution in [0.15, 0.2) is 95.1 Å². The highest BCUT2D eigenvalue weighted by molar-refractivity contribution is 5.89. The van der Waals surface area contributed by atoms with Crippen molar-refractivity contribution in [3.63, 3.8) is 0 Å². The van der Waals surface area contributed by atoms with Crippen molar-refractivity contribution in [1.82, 2.24) is 0 Å². The predicted molar refractivity (Wildman–Crippen MR) is 405 cm³/mol. The second-order valence-electron chi connectivity index (χ2n) is 24.3. The first kappa shape index (κ1) is 77.0. The molecule has 7 rings (SSSR count). The number of unbranched alkanes of at least 4 members (excludes halogenated alkanes) is 8. The zero-order valence-electron chi connectivity index (χ0n) is 59.6. The van der Waals surface area contributed by atoms with Crippen LogP contribution < -0.4 is 50.9 Å². The highest BCUT2D eigenvalue weighted by Crippen LogP contribution is 2.35. The van der Waals surface area contributed by atoms with E-state index in [0.29, 0.717) is 118 Å². The van der Waals surface area contributed by atoms with Crippen molar-refractivity contribution in [3.8, 4) is 0 Å². The summed E-state index contributed by atoms with van der Waals surface area (Å²) in [6.45, 7) is 21.0. The normalized spacial score (nSPS) is 10.4. The van der Waals surface area contributed by atoms with Crippen molar-refractivity contribution in [2.45, 2.75) is 158 Å². The molecule has 1 aliphatic carbocycles. The van der Waals surface area contributed by atoms with Gasteiger partial charge in [-0.2, -0.15) is 0 Å². The lowest BCUT2D eigenvalue weighted by atomic mass is 10.1. The van der Waals surface area contributed by atoms with E-state index in [4.69, 9.17) is 0 Å². The van der Waals surface area contributed by atoms with E-state index in [-0.39, 0.29) is 44.0 Å². The fraction of sp³-hybridized carbons (Fsp3) is 0.372. The van der Waals surface area contributed by atoms with Crippen LogP contribution in [0, 0.1) is 113 Å². The van der Waals surface area contributed by atoms with Crippen LogP contribution >= 0.6 is 0 Å². The van der Waals surface area contributed by atoms with Crippen LogP contribution in [0.25, 0.3) is 66.7 Å². The van der Waals surface area contributed by atoms with Crippen molar-refractivity contribution in [3.05, 3.63) is 240 Å². The van der Waals surface area contributed by atoms with Gasteiger partial charge in [-0.3, -0.25) is 40.5 Å². The fourth-order valence-corrected chi connectivity index (χ4v) is 11.1. The number of benzene rings is 5. The van der Waals surface area contributed by atoms with Crippen molar-refractivity contribution < 1.29 is 19.7 Å². The summed E-state index contributed by atoms with van der Waals surface area (Å²) in [6.07, 6.45) is 13.2. The smallest absolute Gasteiger partial charge is 0.293 e. The van der Waals surface area contributed by atoms with E-state index in [1.165, 1.54) is 24.3 Å². The third kappa shape index (κ3) is 21.8.